The van der Waals surface area contributed by atoms with Crippen molar-refractivity contribution < 1.29 is 0 Å². The number of aromatic nitrogens is 2. The summed E-state index contributed by atoms with van der Waals surface area (Å²) >= 11 is 0. The van der Waals surface area contributed by atoms with Gasteiger partial charge in [-0.2, -0.15) is 5.10 Å². The van der Waals surface area contributed by atoms with Crippen molar-refractivity contribution in [3.05, 3.63) is 17.5 Å². The largest absolute Gasteiger partial charge is 0.310 e. The third kappa shape index (κ3) is 3.56. The van der Waals surface area contributed by atoms with E-state index in [1.807, 2.05) is 11.7 Å². The van der Waals surface area contributed by atoms with Crippen LogP contribution in [-0.2, 0) is 13.6 Å². The molecule has 1 aromatic rings. The Morgan fingerprint density at radius 1 is 1.39 bits per heavy atom. The molecule has 1 aliphatic heterocycles. The summed E-state index contributed by atoms with van der Waals surface area (Å²) in [5, 5.41) is 8.05. The van der Waals surface area contributed by atoms with Crippen molar-refractivity contribution in [2.75, 3.05) is 19.6 Å². The molecule has 0 radical (unpaired) electrons. The van der Waals surface area contributed by atoms with E-state index < -0.39 is 0 Å². The monoisotopic (exact) mass is 250 g/mol. The summed E-state index contributed by atoms with van der Waals surface area (Å²) in [5.74, 6) is 0. The quantitative estimate of drug-likeness (QED) is 0.863. The molecule has 102 valence electrons. The van der Waals surface area contributed by atoms with Crippen molar-refractivity contribution in [1.82, 2.24) is 20.0 Å². The maximum Gasteiger partial charge on any atom is 0.0638 e. The van der Waals surface area contributed by atoms with Gasteiger partial charge in [-0.25, -0.2) is 0 Å². The maximum atomic E-state index is 4.38. The van der Waals surface area contributed by atoms with Crippen LogP contribution in [-0.4, -0.2) is 40.4 Å². The van der Waals surface area contributed by atoms with Crippen molar-refractivity contribution >= 4 is 0 Å². The third-order valence-corrected chi connectivity index (χ3v) is 3.82. The number of nitrogens with zero attached hydrogens (tertiary/aromatic N) is 3. The summed E-state index contributed by atoms with van der Waals surface area (Å²) in [5.41, 5.74) is 2.47. The molecule has 2 rings (SSSR count). The molecule has 4 nitrogen and oxygen atoms in total. The minimum absolute atomic E-state index is 0.678. The van der Waals surface area contributed by atoms with Crippen LogP contribution in [0.1, 0.15) is 37.4 Å². The Balaban J connectivity index is 1.74. The molecule has 0 saturated carbocycles. The lowest BCUT2D eigenvalue weighted by Crippen LogP contribution is -2.42. The summed E-state index contributed by atoms with van der Waals surface area (Å²) < 4.78 is 1.90. The highest BCUT2D eigenvalue weighted by molar-refractivity contribution is 5.14. The lowest BCUT2D eigenvalue weighted by atomic mass is 10.0. The predicted molar refractivity (Wildman–Crippen MR) is 74.5 cm³/mol. The van der Waals surface area contributed by atoms with Gasteiger partial charge in [0.25, 0.3) is 0 Å². The molecule has 1 aromatic heterocycles. The number of nitrogens with one attached hydrogen (secondary N) is 1. The van der Waals surface area contributed by atoms with Gasteiger partial charge in [-0.3, -0.25) is 4.68 Å². The zero-order valence-electron chi connectivity index (χ0n) is 11.9. The first-order valence-electron chi connectivity index (χ1n) is 7.14. The summed E-state index contributed by atoms with van der Waals surface area (Å²) in [4.78, 5) is 2.58. The van der Waals surface area contributed by atoms with E-state index in [9.17, 15) is 0 Å². The van der Waals surface area contributed by atoms with E-state index in [1.165, 1.54) is 44.5 Å². The fourth-order valence-corrected chi connectivity index (χ4v) is 2.75. The molecule has 0 spiro atoms. The Labute approximate surface area is 110 Å². The van der Waals surface area contributed by atoms with Gasteiger partial charge in [0.2, 0.25) is 0 Å². The van der Waals surface area contributed by atoms with Crippen LogP contribution in [0.15, 0.2) is 6.20 Å². The first-order chi connectivity index (χ1) is 8.69. The molecule has 2 heterocycles. The summed E-state index contributed by atoms with van der Waals surface area (Å²) in [6.45, 7) is 9.05. The van der Waals surface area contributed by atoms with Gasteiger partial charge in [-0.15, -0.1) is 0 Å². The number of hydrogen-bond acceptors (Lipinski definition) is 3. The minimum Gasteiger partial charge on any atom is -0.310 e. The van der Waals surface area contributed by atoms with Crippen molar-refractivity contribution in [2.45, 2.75) is 45.7 Å². The van der Waals surface area contributed by atoms with Gasteiger partial charge >= 0.3 is 0 Å². The van der Waals surface area contributed by atoms with Gasteiger partial charge in [-0.1, -0.05) is 6.92 Å². The highest BCUT2D eigenvalue weighted by atomic mass is 15.3. The Morgan fingerprint density at radius 2 is 2.11 bits per heavy atom. The molecule has 1 fully saturated rings. The molecule has 0 atom stereocenters. The minimum atomic E-state index is 0.678. The standard InChI is InChI=1S/C14H26N4/c1-4-7-18-8-5-14(6-9-18)15-10-13-11-17(3)16-12(13)2/h11,14-15H,4-10H2,1-3H3. The lowest BCUT2D eigenvalue weighted by Gasteiger charge is -2.32. The fraction of sp³-hybridized carbons (Fsp3) is 0.786. The smallest absolute Gasteiger partial charge is 0.0638 e. The second-order valence-electron chi connectivity index (χ2n) is 5.41. The molecule has 0 unspecified atom stereocenters. The molecule has 1 N–H and O–H groups in total. The van der Waals surface area contributed by atoms with Crippen LogP contribution in [0.3, 0.4) is 0 Å². The highest BCUT2D eigenvalue weighted by Gasteiger charge is 2.18. The molecule has 4 heteroatoms. The average Bonchev–Trinajstić information content (AvgIpc) is 2.67. The molecule has 0 aliphatic carbocycles. The average molecular weight is 250 g/mol. The van der Waals surface area contributed by atoms with Gasteiger partial charge in [0, 0.05) is 31.4 Å². The van der Waals surface area contributed by atoms with Crippen LogP contribution in [0.5, 0.6) is 0 Å². The van der Waals surface area contributed by atoms with Crippen LogP contribution < -0.4 is 5.32 Å². The molecule has 1 aliphatic rings. The lowest BCUT2D eigenvalue weighted by molar-refractivity contribution is 0.197. The van der Waals surface area contributed by atoms with E-state index in [-0.39, 0.29) is 0 Å². The highest BCUT2D eigenvalue weighted by Crippen LogP contribution is 2.12. The Hall–Kier alpha value is -0.870. The van der Waals surface area contributed by atoms with E-state index in [4.69, 9.17) is 0 Å². The number of rotatable bonds is 5. The topological polar surface area (TPSA) is 33.1 Å². The zero-order valence-corrected chi connectivity index (χ0v) is 11.9. The molecule has 0 bridgehead atoms. The van der Waals surface area contributed by atoms with E-state index in [1.54, 1.807) is 0 Å². The first-order valence-corrected chi connectivity index (χ1v) is 7.14. The van der Waals surface area contributed by atoms with Gasteiger partial charge in [0.1, 0.15) is 0 Å². The van der Waals surface area contributed by atoms with Crippen molar-refractivity contribution in [3.8, 4) is 0 Å². The molecule has 18 heavy (non-hydrogen) atoms. The maximum absolute atomic E-state index is 4.38. The van der Waals surface area contributed by atoms with Crippen molar-refractivity contribution in [2.24, 2.45) is 7.05 Å². The summed E-state index contributed by atoms with van der Waals surface area (Å²) in [7, 11) is 1.99. The van der Waals surface area contributed by atoms with Crippen LogP contribution >= 0.6 is 0 Å². The second-order valence-corrected chi connectivity index (χ2v) is 5.41. The Kier molecular flexibility index (Phi) is 4.78. The van der Waals surface area contributed by atoms with Crippen LogP contribution in [0.4, 0.5) is 0 Å². The normalized spacial score (nSPS) is 18.4. The van der Waals surface area contributed by atoms with Gasteiger partial charge in [0.15, 0.2) is 0 Å². The fourth-order valence-electron chi connectivity index (χ4n) is 2.75. The van der Waals surface area contributed by atoms with E-state index in [2.05, 4.69) is 35.4 Å². The van der Waals surface area contributed by atoms with Crippen LogP contribution in [0.25, 0.3) is 0 Å². The van der Waals surface area contributed by atoms with E-state index >= 15 is 0 Å². The number of likely N-dealkylation sites (tertiary alicyclic amines) is 1. The van der Waals surface area contributed by atoms with Gasteiger partial charge in [-0.05, 0) is 45.8 Å². The Bertz CT molecular complexity index is 364. The number of hydrogen-bond donors (Lipinski definition) is 1. The molecule has 0 amide bonds. The SMILES string of the molecule is CCCN1CCC(NCc2cn(C)nc2C)CC1. The van der Waals surface area contributed by atoms with Crippen LogP contribution in [0.2, 0.25) is 0 Å². The van der Waals surface area contributed by atoms with E-state index in [0.29, 0.717) is 6.04 Å². The van der Waals surface area contributed by atoms with Crippen molar-refractivity contribution in [3.63, 3.8) is 0 Å². The molecule has 0 aromatic carbocycles. The molecular formula is C14H26N4. The summed E-state index contributed by atoms with van der Waals surface area (Å²) in [6, 6.07) is 0.678. The zero-order chi connectivity index (χ0) is 13.0. The number of aryl methyl sites for hydroxylation is 2. The van der Waals surface area contributed by atoms with Crippen molar-refractivity contribution in [1.29, 1.82) is 0 Å². The summed E-state index contributed by atoms with van der Waals surface area (Å²) in [6.07, 6.45) is 5.94. The number of piperidine rings is 1. The third-order valence-electron chi connectivity index (χ3n) is 3.82. The van der Waals surface area contributed by atoms with Gasteiger partial charge in [0.05, 0.1) is 5.69 Å². The van der Waals surface area contributed by atoms with E-state index in [0.717, 1.165) is 12.2 Å². The van der Waals surface area contributed by atoms with Gasteiger partial charge < -0.3 is 10.2 Å². The molecular weight excluding hydrogens is 224 g/mol. The Morgan fingerprint density at radius 3 is 2.67 bits per heavy atom. The molecule has 1 saturated heterocycles. The second kappa shape index (κ2) is 6.34. The predicted octanol–water partition coefficient (Wildman–Crippen LogP) is 1.69. The first kappa shape index (κ1) is 13.6. The van der Waals surface area contributed by atoms with Crippen LogP contribution in [0, 0.1) is 6.92 Å².